The van der Waals surface area contributed by atoms with Crippen LogP contribution in [-0.2, 0) is 17.8 Å². The van der Waals surface area contributed by atoms with E-state index in [1.807, 2.05) is 0 Å². The van der Waals surface area contributed by atoms with Gasteiger partial charge in [-0.25, -0.2) is 0 Å². The molecule has 1 aliphatic heterocycles. The fourth-order valence-corrected chi connectivity index (χ4v) is 4.39. The van der Waals surface area contributed by atoms with Gasteiger partial charge in [0.05, 0.1) is 13.1 Å². The van der Waals surface area contributed by atoms with Crippen molar-refractivity contribution in [2.24, 2.45) is 5.92 Å². The molecule has 0 radical (unpaired) electrons. The fourth-order valence-electron chi connectivity index (χ4n) is 4.39. The highest BCUT2D eigenvalue weighted by Crippen LogP contribution is 2.19. The molecule has 1 aromatic carbocycles. The van der Waals surface area contributed by atoms with Gasteiger partial charge in [0.2, 0.25) is 5.91 Å². The van der Waals surface area contributed by atoms with Crippen LogP contribution >= 0.6 is 0 Å². The summed E-state index contributed by atoms with van der Waals surface area (Å²) in [5, 5.41) is 3.36. The third-order valence-corrected chi connectivity index (χ3v) is 6.15. The number of carbonyl (C=O) groups excluding carboxylic acids is 1. The molecule has 0 unspecified atom stereocenters. The molecule has 3 rings (SSSR count). The molecule has 138 valence electrons. The van der Waals surface area contributed by atoms with E-state index in [4.69, 9.17) is 0 Å². The van der Waals surface area contributed by atoms with Crippen LogP contribution in [0.1, 0.15) is 69.4 Å². The zero-order valence-corrected chi connectivity index (χ0v) is 15.9. The van der Waals surface area contributed by atoms with Crippen molar-refractivity contribution in [2.45, 2.75) is 77.3 Å². The summed E-state index contributed by atoms with van der Waals surface area (Å²) in [6.45, 7) is 5.54. The third kappa shape index (κ3) is 5.57. The van der Waals surface area contributed by atoms with Crippen molar-refractivity contribution >= 4 is 5.91 Å². The molecule has 3 nitrogen and oxygen atoms in total. The van der Waals surface area contributed by atoms with Gasteiger partial charge in [0.25, 0.3) is 0 Å². The van der Waals surface area contributed by atoms with Crippen LogP contribution < -0.4 is 10.2 Å². The first-order chi connectivity index (χ1) is 12.2. The van der Waals surface area contributed by atoms with Crippen LogP contribution in [0.2, 0.25) is 0 Å². The Labute approximate surface area is 153 Å². The van der Waals surface area contributed by atoms with Gasteiger partial charge in [0.1, 0.15) is 6.54 Å². The zero-order chi connectivity index (χ0) is 17.5. The maximum atomic E-state index is 12.6. The normalized spacial score (nSPS) is 25.3. The number of quaternary nitrogens is 1. The van der Waals surface area contributed by atoms with Gasteiger partial charge in [-0.05, 0) is 24.8 Å². The minimum Gasteiger partial charge on any atom is -0.353 e. The van der Waals surface area contributed by atoms with E-state index < -0.39 is 0 Å². The number of benzene rings is 1. The highest BCUT2D eigenvalue weighted by atomic mass is 16.1. The Bertz CT molecular complexity index is 523. The molecule has 2 aliphatic rings. The SMILES string of the molecule is CCc1ccc(C[NH+]2CCC(C(=O)NC3CCCCCC3)CC2)cc1. The fraction of sp³-hybridized carbons (Fsp3) is 0.682. The number of amides is 1. The van der Waals surface area contributed by atoms with Crippen LogP contribution in [0.4, 0.5) is 0 Å². The van der Waals surface area contributed by atoms with Crippen LogP contribution in [0, 0.1) is 5.92 Å². The maximum Gasteiger partial charge on any atom is 0.223 e. The van der Waals surface area contributed by atoms with Crippen molar-refractivity contribution < 1.29 is 9.69 Å². The van der Waals surface area contributed by atoms with E-state index >= 15 is 0 Å². The van der Waals surface area contributed by atoms with Gasteiger partial charge in [0, 0.05) is 30.4 Å². The maximum absolute atomic E-state index is 12.6. The van der Waals surface area contributed by atoms with Gasteiger partial charge in [-0.1, -0.05) is 56.9 Å². The van der Waals surface area contributed by atoms with Gasteiger partial charge in [-0.3, -0.25) is 4.79 Å². The Hall–Kier alpha value is -1.35. The van der Waals surface area contributed by atoms with Gasteiger partial charge < -0.3 is 10.2 Å². The molecule has 3 heteroatoms. The van der Waals surface area contributed by atoms with Crippen LogP contribution in [0.25, 0.3) is 0 Å². The van der Waals surface area contributed by atoms with E-state index in [-0.39, 0.29) is 5.92 Å². The summed E-state index contributed by atoms with van der Waals surface area (Å²) in [6, 6.07) is 9.49. The summed E-state index contributed by atoms with van der Waals surface area (Å²) in [5.74, 6) is 0.577. The zero-order valence-electron chi connectivity index (χ0n) is 15.9. The number of aryl methyl sites for hydroxylation is 1. The van der Waals surface area contributed by atoms with Gasteiger partial charge in [-0.2, -0.15) is 0 Å². The Morgan fingerprint density at radius 3 is 2.16 bits per heavy atom. The van der Waals surface area contributed by atoms with Crippen molar-refractivity contribution in [1.29, 1.82) is 0 Å². The van der Waals surface area contributed by atoms with Crippen molar-refractivity contribution in [3.63, 3.8) is 0 Å². The van der Waals surface area contributed by atoms with E-state index in [0.717, 1.165) is 38.9 Å². The first kappa shape index (κ1) is 18.4. The molecule has 2 N–H and O–H groups in total. The largest absolute Gasteiger partial charge is 0.353 e. The summed E-state index contributed by atoms with van der Waals surface area (Å²) in [7, 11) is 0. The van der Waals surface area contributed by atoms with Crippen LogP contribution in [-0.4, -0.2) is 25.0 Å². The Morgan fingerprint density at radius 2 is 1.56 bits per heavy atom. The second-order valence-electron chi connectivity index (χ2n) is 8.07. The summed E-state index contributed by atoms with van der Waals surface area (Å²) < 4.78 is 0. The molecule has 0 spiro atoms. The van der Waals surface area contributed by atoms with Crippen LogP contribution in [0.15, 0.2) is 24.3 Å². The number of carbonyl (C=O) groups is 1. The van der Waals surface area contributed by atoms with Crippen molar-refractivity contribution in [3.05, 3.63) is 35.4 Å². The lowest BCUT2D eigenvalue weighted by atomic mass is 9.94. The minimum atomic E-state index is 0.245. The predicted molar refractivity (Wildman–Crippen MR) is 103 cm³/mol. The monoisotopic (exact) mass is 343 g/mol. The predicted octanol–water partition coefficient (Wildman–Crippen LogP) is 2.88. The standard InChI is InChI=1S/C22H34N2O/c1-2-18-9-11-19(12-10-18)17-24-15-13-20(14-16-24)22(25)23-21-7-5-3-4-6-8-21/h9-12,20-21H,2-8,13-17H2,1H3,(H,23,25)/p+1. The quantitative estimate of drug-likeness (QED) is 0.792. The molecule has 1 aromatic rings. The number of hydrogen-bond donors (Lipinski definition) is 2. The van der Waals surface area contributed by atoms with E-state index in [1.54, 1.807) is 4.90 Å². The lowest BCUT2D eigenvalue weighted by Gasteiger charge is -2.30. The molecule has 1 saturated heterocycles. The third-order valence-electron chi connectivity index (χ3n) is 6.15. The van der Waals surface area contributed by atoms with E-state index in [1.165, 1.54) is 49.7 Å². The van der Waals surface area contributed by atoms with E-state index in [0.29, 0.717) is 11.9 Å². The average molecular weight is 344 g/mol. The van der Waals surface area contributed by atoms with Crippen LogP contribution in [0.5, 0.6) is 0 Å². The molecule has 1 heterocycles. The Morgan fingerprint density at radius 1 is 0.960 bits per heavy atom. The minimum absolute atomic E-state index is 0.245. The topological polar surface area (TPSA) is 33.5 Å². The van der Waals surface area contributed by atoms with E-state index in [2.05, 4.69) is 36.5 Å². The Kier molecular flexibility index (Phi) is 6.92. The summed E-state index contributed by atoms with van der Waals surface area (Å²) in [6.07, 6.45) is 10.8. The second kappa shape index (κ2) is 9.38. The lowest BCUT2D eigenvalue weighted by Crippen LogP contribution is -3.11. The van der Waals surface area contributed by atoms with Gasteiger partial charge in [0.15, 0.2) is 0 Å². The molecular formula is C22H35N2O+. The number of rotatable bonds is 5. The first-order valence-corrected chi connectivity index (χ1v) is 10.5. The number of hydrogen-bond acceptors (Lipinski definition) is 1. The highest BCUT2D eigenvalue weighted by Gasteiger charge is 2.28. The first-order valence-electron chi connectivity index (χ1n) is 10.5. The lowest BCUT2D eigenvalue weighted by molar-refractivity contribution is -0.919. The molecular weight excluding hydrogens is 308 g/mol. The molecule has 1 aliphatic carbocycles. The van der Waals surface area contributed by atoms with Crippen LogP contribution in [0.3, 0.4) is 0 Å². The molecule has 1 saturated carbocycles. The molecule has 25 heavy (non-hydrogen) atoms. The summed E-state index contributed by atoms with van der Waals surface area (Å²) in [5.41, 5.74) is 2.83. The second-order valence-corrected chi connectivity index (χ2v) is 8.07. The molecule has 0 bridgehead atoms. The Balaban J connectivity index is 1.42. The van der Waals surface area contributed by atoms with E-state index in [9.17, 15) is 4.79 Å². The number of piperidine rings is 1. The highest BCUT2D eigenvalue weighted by molar-refractivity contribution is 5.79. The molecule has 0 atom stereocenters. The van der Waals surface area contributed by atoms with Gasteiger partial charge >= 0.3 is 0 Å². The number of nitrogens with one attached hydrogen (secondary N) is 2. The van der Waals surface area contributed by atoms with Crippen molar-refractivity contribution in [2.75, 3.05) is 13.1 Å². The molecule has 0 aromatic heterocycles. The van der Waals surface area contributed by atoms with Gasteiger partial charge in [-0.15, -0.1) is 0 Å². The smallest absolute Gasteiger partial charge is 0.223 e. The van der Waals surface area contributed by atoms with Crippen molar-refractivity contribution in [1.82, 2.24) is 5.32 Å². The molecule has 2 fully saturated rings. The summed E-state index contributed by atoms with van der Waals surface area (Å²) >= 11 is 0. The summed E-state index contributed by atoms with van der Waals surface area (Å²) in [4.78, 5) is 14.2. The number of likely N-dealkylation sites (tertiary alicyclic amines) is 1. The van der Waals surface area contributed by atoms with Crippen molar-refractivity contribution in [3.8, 4) is 0 Å². The average Bonchev–Trinajstić information content (AvgIpc) is 2.91. The molecule has 1 amide bonds.